The van der Waals surface area contributed by atoms with Crippen LogP contribution in [-0.4, -0.2) is 36.1 Å². The van der Waals surface area contributed by atoms with Crippen molar-refractivity contribution in [3.8, 4) is 5.75 Å². The lowest BCUT2D eigenvalue weighted by Gasteiger charge is -2.20. The highest BCUT2D eigenvalue weighted by molar-refractivity contribution is 7.22. The van der Waals surface area contributed by atoms with Gasteiger partial charge in [-0.2, -0.15) is 0 Å². The second-order valence-corrected chi connectivity index (χ2v) is 7.82. The largest absolute Gasteiger partial charge is 0.497 e. The molecule has 1 aliphatic rings. The van der Waals surface area contributed by atoms with Crippen LogP contribution in [0.25, 0.3) is 10.2 Å². The number of rotatable bonds is 4. The van der Waals surface area contributed by atoms with Gasteiger partial charge in [-0.05, 0) is 44.1 Å². The molecule has 1 saturated heterocycles. The van der Waals surface area contributed by atoms with Crippen molar-refractivity contribution in [2.24, 2.45) is 0 Å². The molecular formula is C17H18N4O2S2. The lowest BCUT2D eigenvalue weighted by atomic mass is 9.99. The number of hydrogen-bond acceptors (Lipinski definition) is 7. The number of hydrogen-bond donors (Lipinski definition) is 2. The number of nitrogens with one attached hydrogen (secondary N) is 2. The molecule has 1 amide bonds. The third-order valence-electron chi connectivity index (χ3n) is 4.26. The van der Waals surface area contributed by atoms with E-state index >= 15 is 0 Å². The average molecular weight is 374 g/mol. The number of thiazole rings is 2. The van der Waals surface area contributed by atoms with Crippen LogP contribution in [0.5, 0.6) is 5.75 Å². The van der Waals surface area contributed by atoms with E-state index < -0.39 is 0 Å². The number of amides is 1. The highest BCUT2D eigenvalue weighted by Gasteiger charge is 2.20. The number of aromatic nitrogens is 2. The fourth-order valence-electron chi connectivity index (χ4n) is 2.89. The molecule has 8 heteroatoms. The van der Waals surface area contributed by atoms with Gasteiger partial charge in [0.25, 0.3) is 5.91 Å². The molecule has 3 aromatic rings. The van der Waals surface area contributed by atoms with Gasteiger partial charge >= 0.3 is 0 Å². The Morgan fingerprint density at radius 2 is 2.16 bits per heavy atom. The van der Waals surface area contributed by atoms with Gasteiger partial charge in [0.15, 0.2) is 5.13 Å². The summed E-state index contributed by atoms with van der Waals surface area (Å²) in [6.45, 7) is 2.03. The number of anilines is 1. The first-order valence-electron chi connectivity index (χ1n) is 8.15. The quantitative estimate of drug-likeness (QED) is 0.731. The molecule has 6 nitrogen and oxygen atoms in total. The lowest BCUT2D eigenvalue weighted by molar-refractivity contribution is 0.102. The average Bonchev–Trinajstić information content (AvgIpc) is 3.28. The molecule has 4 rings (SSSR count). The lowest BCUT2D eigenvalue weighted by Crippen LogP contribution is -2.26. The maximum Gasteiger partial charge on any atom is 0.276 e. The van der Waals surface area contributed by atoms with E-state index in [0.29, 0.717) is 16.7 Å². The van der Waals surface area contributed by atoms with Crippen molar-refractivity contribution in [1.82, 2.24) is 15.3 Å². The van der Waals surface area contributed by atoms with Crippen LogP contribution in [-0.2, 0) is 0 Å². The molecule has 0 unspecified atom stereocenters. The Bertz CT molecular complexity index is 899. The number of piperidine rings is 1. The highest BCUT2D eigenvalue weighted by Crippen LogP contribution is 2.30. The fraction of sp³-hybridized carbons (Fsp3) is 0.353. The summed E-state index contributed by atoms with van der Waals surface area (Å²) in [5, 5.41) is 9.68. The van der Waals surface area contributed by atoms with Gasteiger partial charge in [0.05, 0.1) is 22.3 Å². The molecule has 0 atom stereocenters. The van der Waals surface area contributed by atoms with Crippen molar-refractivity contribution in [3.63, 3.8) is 0 Å². The molecule has 0 saturated carbocycles. The van der Waals surface area contributed by atoms with E-state index in [4.69, 9.17) is 4.74 Å². The molecule has 0 aliphatic carbocycles. The van der Waals surface area contributed by atoms with E-state index in [1.54, 1.807) is 18.4 Å². The zero-order valence-corrected chi connectivity index (χ0v) is 15.4. The van der Waals surface area contributed by atoms with Crippen LogP contribution in [0.3, 0.4) is 0 Å². The Morgan fingerprint density at radius 3 is 2.96 bits per heavy atom. The van der Waals surface area contributed by atoms with Crippen LogP contribution in [0, 0.1) is 0 Å². The molecule has 2 aromatic heterocycles. The molecule has 25 heavy (non-hydrogen) atoms. The molecular weight excluding hydrogens is 356 g/mol. The summed E-state index contributed by atoms with van der Waals surface area (Å²) < 4.78 is 6.20. The first kappa shape index (κ1) is 16.4. The minimum atomic E-state index is -0.206. The highest BCUT2D eigenvalue weighted by atomic mass is 32.1. The normalized spacial score (nSPS) is 15.4. The van der Waals surface area contributed by atoms with Gasteiger partial charge in [-0.1, -0.05) is 11.3 Å². The summed E-state index contributed by atoms with van der Waals surface area (Å²) in [4.78, 5) is 21.5. The summed E-state index contributed by atoms with van der Waals surface area (Å²) >= 11 is 3.00. The van der Waals surface area contributed by atoms with Crippen molar-refractivity contribution >= 4 is 43.9 Å². The van der Waals surface area contributed by atoms with Gasteiger partial charge < -0.3 is 10.1 Å². The van der Waals surface area contributed by atoms with Crippen LogP contribution < -0.4 is 15.4 Å². The topological polar surface area (TPSA) is 76.1 Å². The van der Waals surface area contributed by atoms with E-state index in [2.05, 4.69) is 20.6 Å². The zero-order chi connectivity index (χ0) is 17.2. The Morgan fingerprint density at radius 1 is 1.32 bits per heavy atom. The van der Waals surface area contributed by atoms with Gasteiger partial charge in [-0.15, -0.1) is 11.3 Å². The van der Waals surface area contributed by atoms with Crippen LogP contribution in [0.4, 0.5) is 5.13 Å². The first-order valence-corrected chi connectivity index (χ1v) is 9.84. The Hall–Kier alpha value is -2.03. The van der Waals surface area contributed by atoms with Crippen molar-refractivity contribution in [3.05, 3.63) is 34.3 Å². The molecule has 1 fully saturated rings. The smallest absolute Gasteiger partial charge is 0.276 e. The molecule has 0 bridgehead atoms. The number of carbonyl (C=O) groups excluding carboxylic acids is 1. The Kier molecular flexibility index (Phi) is 4.65. The monoisotopic (exact) mass is 374 g/mol. The van der Waals surface area contributed by atoms with Gasteiger partial charge in [0.2, 0.25) is 0 Å². The SMILES string of the molecule is COc1ccc2nc(NC(=O)c3csc(C4CCNCC4)n3)sc2c1. The third kappa shape index (κ3) is 3.51. The van der Waals surface area contributed by atoms with Gasteiger partial charge in [0.1, 0.15) is 11.4 Å². The molecule has 2 N–H and O–H groups in total. The van der Waals surface area contributed by atoms with E-state index in [-0.39, 0.29) is 5.91 Å². The zero-order valence-electron chi connectivity index (χ0n) is 13.7. The van der Waals surface area contributed by atoms with Crippen LogP contribution >= 0.6 is 22.7 Å². The molecule has 3 heterocycles. The molecule has 0 radical (unpaired) electrons. The predicted molar refractivity (Wildman–Crippen MR) is 101 cm³/mol. The summed E-state index contributed by atoms with van der Waals surface area (Å²) in [5.74, 6) is 1.03. The maximum atomic E-state index is 12.5. The second kappa shape index (κ2) is 7.07. The van der Waals surface area contributed by atoms with Crippen molar-refractivity contribution in [2.45, 2.75) is 18.8 Å². The molecule has 1 aromatic carbocycles. The second-order valence-electron chi connectivity index (χ2n) is 5.90. The molecule has 1 aliphatic heterocycles. The predicted octanol–water partition coefficient (Wildman–Crippen LogP) is 3.48. The number of nitrogens with zero attached hydrogens (tertiary/aromatic N) is 2. The van der Waals surface area contributed by atoms with Crippen LogP contribution in [0.15, 0.2) is 23.6 Å². The summed E-state index contributed by atoms with van der Waals surface area (Å²) in [6.07, 6.45) is 2.16. The first-order chi connectivity index (χ1) is 12.2. The number of carbonyl (C=O) groups is 1. The number of ether oxygens (including phenoxy) is 1. The maximum absolute atomic E-state index is 12.5. The van der Waals surface area contributed by atoms with Crippen molar-refractivity contribution in [2.75, 3.05) is 25.5 Å². The van der Waals surface area contributed by atoms with Gasteiger partial charge in [-0.3, -0.25) is 10.1 Å². The van der Waals surface area contributed by atoms with Gasteiger partial charge in [-0.25, -0.2) is 9.97 Å². The fourth-order valence-corrected chi connectivity index (χ4v) is 4.76. The van der Waals surface area contributed by atoms with Gasteiger partial charge in [0, 0.05) is 11.3 Å². The van der Waals surface area contributed by atoms with E-state index in [0.717, 1.165) is 46.9 Å². The van der Waals surface area contributed by atoms with Crippen molar-refractivity contribution in [1.29, 1.82) is 0 Å². The number of methoxy groups -OCH3 is 1. The number of benzene rings is 1. The van der Waals surface area contributed by atoms with Crippen LogP contribution in [0.2, 0.25) is 0 Å². The minimum absolute atomic E-state index is 0.206. The standard InChI is InChI=1S/C17H18N4O2S2/c1-23-11-2-3-12-14(8-11)25-17(20-12)21-15(22)13-9-24-16(19-13)10-4-6-18-7-5-10/h2-3,8-10,18H,4-7H2,1H3,(H,20,21,22). The molecule has 0 spiro atoms. The van der Waals surface area contributed by atoms with Crippen molar-refractivity contribution < 1.29 is 9.53 Å². The summed E-state index contributed by atoms with van der Waals surface area (Å²) in [7, 11) is 1.63. The number of fused-ring (bicyclic) bond motifs is 1. The van der Waals surface area contributed by atoms with E-state index in [9.17, 15) is 4.79 Å². The van der Waals surface area contributed by atoms with E-state index in [1.165, 1.54) is 11.3 Å². The molecule has 130 valence electrons. The Balaban J connectivity index is 1.49. The summed E-state index contributed by atoms with van der Waals surface area (Å²) in [6, 6.07) is 5.67. The summed E-state index contributed by atoms with van der Waals surface area (Å²) in [5.41, 5.74) is 1.31. The van der Waals surface area contributed by atoms with Crippen LogP contribution in [0.1, 0.15) is 34.3 Å². The minimum Gasteiger partial charge on any atom is -0.497 e. The third-order valence-corrected chi connectivity index (χ3v) is 6.20. The van der Waals surface area contributed by atoms with E-state index in [1.807, 2.05) is 23.6 Å². The Labute approximate surface area is 153 Å².